The van der Waals surface area contributed by atoms with E-state index in [1.165, 1.54) is 75.1 Å². The van der Waals surface area contributed by atoms with Gasteiger partial charge in [0.1, 0.15) is 0 Å². The molecule has 3 atom stereocenters. The van der Waals surface area contributed by atoms with Gasteiger partial charge in [-0.2, -0.15) is 0 Å². The first-order valence-electron chi connectivity index (χ1n) is 14.8. The van der Waals surface area contributed by atoms with E-state index in [1.54, 1.807) is 3.58 Å². The van der Waals surface area contributed by atoms with Crippen LogP contribution in [-0.2, 0) is 0 Å². The van der Waals surface area contributed by atoms with Crippen molar-refractivity contribution in [1.29, 1.82) is 0 Å². The fourth-order valence-electron chi connectivity index (χ4n) is 6.96. The number of fused-ring (bicyclic) bond motifs is 4. The van der Waals surface area contributed by atoms with Crippen molar-refractivity contribution in [3.63, 3.8) is 0 Å². The summed E-state index contributed by atoms with van der Waals surface area (Å²) in [6.45, 7) is 7.40. The van der Waals surface area contributed by atoms with E-state index in [2.05, 4.69) is 84.5 Å². The summed E-state index contributed by atoms with van der Waals surface area (Å²) in [4.78, 5) is 0. The van der Waals surface area contributed by atoms with Crippen LogP contribution in [0.15, 0.2) is 47.0 Å². The molecule has 0 aromatic heterocycles. The predicted octanol–water partition coefficient (Wildman–Crippen LogP) is 9.45. The summed E-state index contributed by atoms with van der Waals surface area (Å²) < 4.78 is 18.8. The zero-order valence-electron chi connectivity index (χ0n) is 23.0. The Balaban J connectivity index is 1.53. The average Bonchev–Trinajstić information content (AvgIpc) is 3.59. The van der Waals surface area contributed by atoms with Crippen LogP contribution in [0.5, 0.6) is 11.5 Å². The molecule has 3 nitrogen and oxygen atoms in total. The molecule has 0 fully saturated rings. The molecule has 0 saturated heterocycles. The number of ether oxygens (including phenoxy) is 2. The van der Waals surface area contributed by atoms with Crippen molar-refractivity contribution in [3.05, 3.63) is 58.1 Å². The first-order valence-corrected chi connectivity index (χ1v) is 23.0. The molecule has 2 aromatic carbocycles. The molecule has 1 aliphatic carbocycles. The molecular formula is C32H44BrNO2Sn. The summed E-state index contributed by atoms with van der Waals surface area (Å²) in [5.74, 6) is 2.71. The summed E-state index contributed by atoms with van der Waals surface area (Å²) in [6, 6.07) is 12.3. The third-order valence-corrected chi connectivity index (χ3v) is 25.4. The second-order valence-corrected chi connectivity index (χ2v) is 25.5. The van der Waals surface area contributed by atoms with Crippen LogP contribution in [0.1, 0.15) is 95.2 Å². The van der Waals surface area contributed by atoms with Gasteiger partial charge in [-0.15, -0.1) is 0 Å². The zero-order chi connectivity index (χ0) is 25.8. The average molecular weight is 673 g/mol. The Kier molecular flexibility index (Phi) is 9.16. The fourth-order valence-corrected chi connectivity index (χ4v) is 23.2. The number of halogens is 1. The summed E-state index contributed by atoms with van der Waals surface area (Å²) in [7, 11) is 0. The number of rotatable bonds is 12. The van der Waals surface area contributed by atoms with E-state index < -0.39 is 18.4 Å². The van der Waals surface area contributed by atoms with Crippen LogP contribution in [0, 0.1) is 5.92 Å². The van der Waals surface area contributed by atoms with E-state index in [-0.39, 0.29) is 6.04 Å². The Morgan fingerprint density at radius 2 is 1.57 bits per heavy atom. The van der Waals surface area contributed by atoms with Gasteiger partial charge < -0.3 is 0 Å². The minimum absolute atomic E-state index is 0.252. The van der Waals surface area contributed by atoms with Crippen molar-refractivity contribution in [2.75, 3.05) is 12.1 Å². The molecule has 200 valence electrons. The Morgan fingerprint density at radius 3 is 2.30 bits per heavy atom. The Bertz CT molecular complexity index is 1110. The molecule has 2 aromatic rings. The van der Waals surface area contributed by atoms with Gasteiger partial charge in [0, 0.05) is 0 Å². The molecule has 3 unspecified atom stereocenters. The van der Waals surface area contributed by atoms with Crippen LogP contribution in [-0.4, -0.2) is 25.2 Å². The first kappa shape index (κ1) is 27.4. The van der Waals surface area contributed by atoms with Crippen LogP contribution in [0.25, 0.3) is 0 Å². The topological polar surface area (TPSA) is 30.5 Å². The predicted molar refractivity (Wildman–Crippen MR) is 162 cm³/mol. The molecule has 0 saturated carbocycles. The molecule has 0 radical (unpaired) electrons. The SMILES string of the molecule is CCCC[CH2][Sn]([CH2]CCC)([CH2]CCC)[c]1ccc2c(c1)NC(c1cc3c(cc1Br)OCO3)C1CC=CC21. The van der Waals surface area contributed by atoms with Gasteiger partial charge in [0.15, 0.2) is 0 Å². The summed E-state index contributed by atoms with van der Waals surface area (Å²) in [5.41, 5.74) is 4.16. The zero-order valence-corrected chi connectivity index (χ0v) is 27.4. The molecule has 0 amide bonds. The summed E-state index contributed by atoms with van der Waals surface area (Å²) in [6.07, 6.45) is 15.5. The number of hydrogen-bond donors (Lipinski definition) is 1. The Labute approximate surface area is 236 Å². The van der Waals surface area contributed by atoms with E-state index >= 15 is 0 Å². The molecule has 3 aliphatic rings. The Hall–Kier alpha value is -1.14. The van der Waals surface area contributed by atoms with Crippen LogP contribution in [0.4, 0.5) is 5.69 Å². The minimum atomic E-state index is -2.53. The third kappa shape index (κ3) is 5.62. The molecule has 5 rings (SSSR count). The van der Waals surface area contributed by atoms with Crippen molar-refractivity contribution >= 4 is 43.6 Å². The van der Waals surface area contributed by atoms with E-state index in [0.29, 0.717) is 18.6 Å². The van der Waals surface area contributed by atoms with E-state index in [4.69, 9.17) is 9.47 Å². The molecule has 5 heteroatoms. The van der Waals surface area contributed by atoms with E-state index in [0.717, 1.165) is 22.4 Å². The second kappa shape index (κ2) is 12.4. The van der Waals surface area contributed by atoms with Crippen LogP contribution in [0.3, 0.4) is 0 Å². The van der Waals surface area contributed by atoms with Gasteiger partial charge in [0.2, 0.25) is 0 Å². The van der Waals surface area contributed by atoms with Crippen molar-refractivity contribution in [2.45, 2.75) is 97.4 Å². The normalized spacial score (nSPS) is 21.6. The molecule has 1 N–H and O–H groups in total. The van der Waals surface area contributed by atoms with Crippen LogP contribution >= 0.6 is 15.9 Å². The van der Waals surface area contributed by atoms with Gasteiger partial charge in [-0.25, -0.2) is 0 Å². The quantitative estimate of drug-likeness (QED) is 0.138. The van der Waals surface area contributed by atoms with E-state index in [1.807, 2.05) is 0 Å². The fraction of sp³-hybridized carbons (Fsp3) is 0.562. The molecule has 0 bridgehead atoms. The third-order valence-electron chi connectivity index (χ3n) is 9.08. The van der Waals surface area contributed by atoms with E-state index in [9.17, 15) is 0 Å². The maximum atomic E-state index is 5.77. The van der Waals surface area contributed by atoms with Gasteiger partial charge in [-0.3, -0.25) is 0 Å². The van der Waals surface area contributed by atoms with Crippen molar-refractivity contribution in [3.8, 4) is 11.5 Å². The van der Waals surface area contributed by atoms with Crippen molar-refractivity contribution in [2.24, 2.45) is 5.92 Å². The first-order chi connectivity index (χ1) is 18.1. The summed E-state index contributed by atoms with van der Waals surface area (Å²) in [5, 5.41) is 4.08. The monoisotopic (exact) mass is 673 g/mol. The second-order valence-electron chi connectivity index (χ2n) is 11.4. The molecule has 2 heterocycles. The number of benzene rings is 2. The Morgan fingerprint density at radius 1 is 0.865 bits per heavy atom. The van der Waals surface area contributed by atoms with Crippen LogP contribution in [0.2, 0.25) is 13.3 Å². The van der Waals surface area contributed by atoms with Gasteiger partial charge in [-0.1, -0.05) is 0 Å². The number of allylic oxidation sites excluding steroid dienone is 2. The summed E-state index contributed by atoms with van der Waals surface area (Å²) >= 11 is 1.35. The van der Waals surface area contributed by atoms with Crippen molar-refractivity contribution in [1.82, 2.24) is 0 Å². The molecular weight excluding hydrogens is 629 g/mol. The maximum absolute atomic E-state index is 5.77. The molecule has 0 spiro atoms. The number of hydrogen-bond acceptors (Lipinski definition) is 3. The number of nitrogens with one attached hydrogen (secondary N) is 1. The number of anilines is 1. The molecule has 37 heavy (non-hydrogen) atoms. The van der Waals surface area contributed by atoms with Gasteiger partial charge in [0.25, 0.3) is 0 Å². The van der Waals surface area contributed by atoms with Gasteiger partial charge >= 0.3 is 238 Å². The number of unbranched alkanes of at least 4 members (excludes halogenated alkanes) is 4. The van der Waals surface area contributed by atoms with Gasteiger partial charge in [-0.05, 0) is 0 Å². The van der Waals surface area contributed by atoms with Crippen LogP contribution < -0.4 is 18.4 Å². The van der Waals surface area contributed by atoms with Crippen molar-refractivity contribution < 1.29 is 9.47 Å². The molecule has 2 aliphatic heterocycles. The van der Waals surface area contributed by atoms with Gasteiger partial charge in [0.05, 0.1) is 0 Å². The standard InChI is InChI=1S/C19H15BrNO2.C5H11.2C4H9.Sn/c20-15-9-18-17(22-10-23-18)8-14(15)19-13-6-3-5-11(13)12-4-1-2-7-16(12)21-19;1-3-5-4-2;2*1-3-4-2;/h1,3-5,7-9,11,13,19,21H,6,10H2;1,3-5H2,2H3;2*1,3-4H2,2H3;.